The van der Waals surface area contributed by atoms with E-state index in [0.717, 1.165) is 53.7 Å². The van der Waals surface area contributed by atoms with Gasteiger partial charge in [-0.05, 0) is 42.4 Å². The van der Waals surface area contributed by atoms with Crippen LogP contribution in [0.15, 0.2) is 35.9 Å². The summed E-state index contributed by atoms with van der Waals surface area (Å²) in [4.78, 5) is 19.3. The minimum atomic E-state index is -1.01. The summed E-state index contributed by atoms with van der Waals surface area (Å²) in [5.41, 5.74) is 2.15. The van der Waals surface area contributed by atoms with Gasteiger partial charge in [-0.25, -0.2) is 0 Å². The average Bonchev–Trinajstić information content (AvgIpc) is 3.06. The zero-order valence-corrected chi connectivity index (χ0v) is 15.7. The number of nitriles is 1. The van der Waals surface area contributed by atoms with Crippen LogP contribution in [0.4, 0.5) is 0 Å². The van der Waals surface area contributed by atoms with Crippen molar-refractivity contribution in [2.24, 2.45) is 5.92 Å². The van der Waals surface area contributed by atoms with E-state index in [1.165, 1.54) is 7.11 Å². The number of piperidine rings is 1. The third-order valence-electron chi connectivity index (χ3n) is 6.97. The van der Waals surface area contributed by atoms with Gasteiger partial charge in [-0.3, -0.25) is 9.69 Å². The SMILES string of the molecule is CCC1=C[C@@H]2CN3CCc4c([nH]c5ccccc45)[C@@](C(=O)OC)(C2)[C@@]13C#N. The lowest BCUT2D eigenvalue weighted by Gasteiger charge is -2.58. The van der Waals surface area contributed by atoms with Crippen LogP contribution in [0.5, 0.6) is 0 Å². The quantitative estimate of drug-likeness (QED) is 0.659. The first-order valence-corrected chi connectivity index (χ1v) is 9.68. The number of rotatable bonds is 2. The van der Waals surface area contributed by atoms with E-state index in [-0.39, 0.29) is 11.9 Å². The molecule has 0 spiro atoms. The fraction of sp³-hybridized carbons (Fsp3) is 0.455. The lowest BCUT2D eigenvalue weighted by Crippen LogP contribution is -2.72. The Morgan fingerprint density at radius 3 is 3.00 bits per heavy atom. The molecule has 4 bridgehead atoms. The van der Waals surface area contributed by atoms with Crippen molar-refractivity contribution in [2.75, 3.05) is 20.2 Å². The minimum Gasteiger partial charge on any atom is -0.468 e. The molecule has 6 rings (SSSR count). The fourth-order valence-electron chi connectivity index (χ4n) is 6.02. The van der Waals surface area contributed by atoms with Gasteiger partial charge in [0.15, 0.2) is 5.54 Å². The summed E-state index contributed by atoms with van der Waals surface area (Å²) in [5, 5.41) is 11.7. The van der Waals surface area contributed by atoms with Crippen LogP contribution in [0.3, 0.4) is 0 Å². The number of para-hydroxylation sites is 1. The molecule has 27 heavy (non-hydrogen) atoms. The molecule has 1 saturated heterocycles. The zero-order chi connectivity index (χ0) is 18.8. The molecule has 4 heterocycles. The lowest BCUT2D eigenvalue weighted by atomic mass is 9.53. The Morgan fingerprint density at radius 2 is 2.26 bits per heavy atom. The van der Waals surface area contributed by atoms with Crippen molar-refractivity contribution in [1.82, 2.24) is 9.88 Å². The molecule has 1 aliphatic carbocycles. The normalized spacial score (nSPS) is 33.7. The first kappa shape index (κ1) is 16.6. The molecule has 0 radical (unpaired) electrons. The van der Waals surface area contributed by atoms with Crippen molar-refractivity contribution in [3.63, 3.8) is 0 Å². The summed E-state index contributed by atoms with van der Waals surface area (Å²) in [6, 6.07) is 10.8. The second-order valence-corrected chi connectivity index (χ2v) is 7.95. The van der Waals surface area contributed by atoms with Crippen molar-refractivity contribution in [2.45, 2.75) is 37.1 Å². The molecule has 5 heteroatoms. The highest BCUT2D eigenvalue weighted by atomic mass is 16.5. The van der Waals surface area contributed by atoms with E-state index in [9.17, 15) is 10.1 Å². The molecule has 4 atom stereocenters. The van der Waals surface area contributed by atoms with E-state index < -0.39 is 11.0 Å². The highest BCUT2D eigenvalue weighted by Gasteiger charge is 2.70. The number of hydrogen-bond acceptors (Lipinski definition) is 4. The third-order valence-corrected chi connectivity index (χ3v) is 6.97. The number of fused-ring (bicyclic) bond motifs is 3. The number of carbonyl (C=O) groups is 1. The molecule has 1 N–H and O–H groups in total. The van der Waals surface area contributed by atoms with E-state index >= 15 is 0 Å². The number of methoxy groups -OCH3 is 1. The number of H-pyrrole nitrogens is 1. The van der Waals surface area contributed by atoms with Crippen molar-refractivity contribution in [1.29, 1.82) is 5.26 Å². The molecule has 4 aliphatic rings. The van der Waals surface area contributed by atoms with E-state index in [1.54, 1.807) is 0 Å². The van der Waals surface area contributed by atoms with Crippen molar-refractivity contribution < 1.29 is 9.53 Å². The van der Waals surface area contributed by atoms with Crippen molar-refractivity contribution >= 4 is 16.9 Å². The first-order valence-electron chi connectivity index (χ1n) is 9.68. The summed E-state index contributed by atoms with van der Waals surface area (Å²) >= 11 is 0. The zero-order valence-electron chi connectivity index (χ0n) is 15.7. The molecule has 5 nitrogen and oxygen atoms in total. The highest BCUT2D eigenvalue weighted by Crippen LogP contribution is 2.59. The molecule has 138 valence electrons. The molecule has 1 aromatic carbocycles. The maximum atomic E-state index is 13.5. The first-order chi connectivity index (χ1) is 13.1. The highest BCUT2D eigenvalue weighted by molar-refractivity contribution is 5.93. The van der Waals surface area contributed by atoms with Crippen LogP contribution in [-0.2, 0) is 21.4 Å². The summed E-state index contributed by atoms with van der Waals surface area (Å²) in [6.45, 7) is 3.68. The Labute approximate surface area is 158 Å². The molecule has 3 aliphatic heterocycles. The van der Waals surface area contributed by atoms with Crippen LogP contribution in [0.2, 0.25) is 0 Å². The van der Waals surface area contributed by atoms with Gasteiger partial charge in [0, 0.05) is 29.7 Å². The third kappa shape index (κ3) is 1.75. The summed E-state index contributed by atoms with van der Waals surface area (Å²) < 4.78 is 5.38. The monoisotopic (exact) mass is 361 g/mol. The Hall–Kier alpha value is -2.58. The van der Waals surface area contributed by atoms with Gasteiger partial charge in [0.25, 0.3) is 0 Å². The van der Waals surface area contributed by atoms with Crippen LogP contribution in [0.25, 0.3) is 10.9 Å². The van der Waals surface area contributed by atoms with Gasteiger partial charge in [0.05, 0.1) is 13.2 Å². The van der Waals surface area contributed by atoms with Gasteiger partial charge in [0.2, 0.25) is 0 Å². The standard InChI is InChI=1S/C22H23N3O2/c1-3-15-10-14-11-21(20(26)27-2)19-17(16-6-4-5-7-18(16)24-19)8-9-25(12-14)22(15,21)13-23/h4-7,10,14,24H,3,8-9,11-12H2,1-2H3/t14-,21+,22+/m0/s1. The number of esters is 1. The number of carbonyl (C=O) groups excluding carboxylic acids is 1. The van der Waals surface area contributed by atoms with Gasteiger partial charge in [-0.15, -0.1) is 0 Å². The molecule has 2 aromatic rings. The predicted molar refractivity (Wildman–Crippen MR) is 102 cm³/mol. The molecule has 0 amide bonds. The van der Waals surface area contributed by atoms with Crippen LogP contribution >= 0.6 is 0 Å². The molecule has 1 fully saturated rings. The molecule has 1 aromatic heterocycles. The smallest absolute Gasteiger partial charge is 0.321 e. The van der Waals surface area contributed by atoms with E-state index in [4.69, 9.17) is 4.74 Å². The number of aromatic nitrogens is 1. The van der Waals surface area contributed by atoms with Crippen molar-refractivity contribution in [3.05, 3.63) is 47.2 Å². The van der Waals surface area contributed by atoms with Gasteiger partial charge in [-0.2, -0.15) is 5.26 Å². The minimum absolute atomic E-state index is 0.256. The largest absolute Gasteiger partial charge is 0.468 e. The summed E-state index contributed by atoms with van der Waals surface area (Å²) in [6.07, 6.45) is 4.45. The van der Waals surface area contributed by atoms with Crippen LogP contribution < -0.4 is 0 Å². The van der Waals surface area contributed by atoms with Crippen LogP contribution in [0.1, 0.15) is 31.0 Å². The molecular weight excluding hydrogens is 338 g/mol. The van der Waals surface area contributed by atoms with Gasteiger partial charge in [-0.1, -0.05) is 31.2 Å². The number of nitrogens with one attached hydrogen (secondary N) is 1. The second kappa shape index (κ2) is 5.46. The van der Waals surface area contributed by atoms with E-state index in [2.05, 4.69) is 35.0 Å². The van der Waals surface area contributed by atoms with Crippen LogP contribution in [0, 0.1) is 17.2 Å². The summed E-state index contributed by atoms with van der Waals surface area (Å²) in [7, 11) is 1.44. The van der Waals surface area contributed by atoms with E-state index in [1.807, 2.05) is 18.2 Å². The van der Waals surface area contributed by atoms with E-state index in [0.29, 0.717) is 6.42 Å². The topological polar surface area (TPSA) is 69.1 Å². The fourth-order valence-corrected chi connectivity index (χ4v) is 6.02. The molecule has 0 saturated carbocycles. The Morgan fingerprint density at radius 1 is 1.44 bits per heavy atom. The summed E-state index contributed by atoms with van der Waals surface area (Å²) in [5.74, 6) is -0.0425. The van der Waals surface area contributed by atoms with Crippen LogP contribution in [-0.4, -0.2) is 41.6 Å². The van der Waals surface area contributed by atoms with Gasteiger partial charge >= 0.3 is 5.97 Å². The number of nitrogens with zero attached hydrogens (tertiary/aromatic N) is 2. The number of aromatic amines is 1. The Kier molecular flexibility index (Phi) is 3.36. The molecule has 1 unspecified atom stereocenters. The number of ether oxygens (including phenoxy) is 1. The number of benzene rings is 1. The lowest BCUT2D eigenvalue weighted by molar-refractivity contribution is -0.157. The second-order valence-electron chi connectivity index (χ2n) is 7.95. The molecular formula is C22H23N3O2. The van der Waals surface area contributed by atoms with Crippen molar-refractivity contribution in [3.8, 4) is 6.07 Å². The number of hydrogen-bond donors (Lipinski definition) is 1. The Balaban J connectivity index is 1.92. The maximum absolute atomic E-state index is 13.5. The maximum Gasteiger partial charge on any atom is 0.321 e. The van der Waals surface area contributed by atoms with Gasteiger partial charge < -0.3 is 9.72 Å². The predicted octanol–water partition coefficient (Wildman–Crippen LogP) is 3.07. The van der Waals surface area contributed by atoms with Gasteiger partial charge in [0.1, 0.15) is 5.41 Å². The Bertz CT molecular complexity index is 1030. The average molecular weight is 361 g/mol.